The van der Waals surface area contributed by atoms with Gasteiger partial charge in [-0.25, -0.2) is 4.98 Å². The quantitative estimate of drug-likeness (QED) is 0.869. The topological polar surface area (TPSA) is 69.2 Å². The minimum absolute atomic E-state index is 0.0677. The number of aliphatic hydroxyl groups excluding tert-OH is 1. The Labute approximate surface area is 115 Å². The molecule has 0 saturated carbocycles. The van der Waals surface area contributed by atoms with Crippen molar-refractivity contribution >= 4 is 21.6 Å². The van der Waals surface area contributed by atoms with Crippen molar-refractivity contribution < 1.29 is 5.11 Å². The van der Waals surface area contributed by atoms with Crippen LogP contribution in [0.25, 0.3) is 10.2 Å². The number of aromatic amines is 1. The summed E-state index contributed by atoms with van der Waals surface area (Å²) in [6.07, 6.45) is 0. The molecule has 0 aliphatic heterocycles. The van der Waals surface area contributed by atoms with Crippen molar-refractivity contribution in [2.24, 2.45) is 0 Å². The van der Waals surface area contributed by atoms with Gasteiger partial charge in [-0.15, -0.1) is 11.3 Å². The third-order valence-corrected chi connectivity index (χ3v) is 4.43. The standard InChI is InChI=1S/C13H19N3O2S/c1-4-16(5-6-17)7-10-14-12(18)11-8(2)9(3)19-13(11)15-10/h17H,4-7H2,1-3H3,(H,14,15,18). The molecule has 2 aromatic heterocycles. The van der Waals surface area contributed by atoms with Crippen LogP contribution in [0.3, 0.4) is 0 Å². The summed E-state index contributed by atoms with van der Waals surface area (Å²) in [6.45, 7) is 8.03. The normalized spacial score (nSPS) is 11.6. The first kappa shape index (κ1) is 14.2. The Balaban J connectivity index is 2.38. The van der Waals surface area contributed by atoms with E-state index in [9.17, 15) is 4.79 Å². The zero-order valence-corrected chi connectivity index (χ0v) is 12.3. The number of likely N-dealkylation sites (N-methyl/N-ethyl adjacent to an activating group) is 1. The summed E-state index contributed by atoms with van der Waals surface area (Å²) >= 11 is 1.56. The summed E-state index contributed by atoms with van der Waals surface area (Å²) in [4.78, 5) is 23.4. The van der Waals surface area contributed by atoms with Crippen LogP contribution >= 0.6 is 11.3 Å². The minimum atomic E-state index is -0.0677. The molecule has 2 heterocycles. The summed E-state index contributed by atoms with van der Waals surface area (Å²) in [5, 5.41) is 9.68. The molecule has 0 radical (unpaired) electrons. The largest absolute Gasteiger partial charge is 0.395 e. The summed E-state index contributed by atoms with van der Waals surface area (Å²) < 4.78 is 0. The van der Waals surface area contributed by atoms with Crippen molar-refractivity contribution in [1.29, 1.82) is 0 Å². The number of aromatic nitrogens is 2. The number of fused-ring (bicyclic) bond motifs is 1. The predicted octanol–water partition coefficient (Wildman–Crippen LogP) is 1.42. The Kier molecular flexibility index (Phi) is 4.34. The first-order chi connectivity index (χ1) is 9.06. The van der Waals surface area contributed by atoms with Crippen LogP contribution in [0, 0.1) is 13.8 Å². The van der Waals surface area contributed by atoms with Gasteiger partial charge in [0, 0.05) is 11.4 Å². The number of aryl methyl sites for hydroxylation is 2. The maximum Gasteiger partial charge on any atom is 0.259 e. The van der Waals surface area contributed by atoms with Gasteiger partial charge in [-0.3, -0.25) is 9.69 Å². The Bertz CT molecular complexity index is 633. The second-order valence-electron chi connectivity index (χ2n) is 4.57. The van der Waals surface area contributed by atoms with Gasteiger partial charge in [-0.2, -0.15) is 0 Å². The molecule has 0 unspecified atom stereocenters. The molecule has 0 aliphatic carbocycles. The number of thiophene rings is 1. The lowest BCUT2D eigenvalue weighted by atomic mass is 10.2. The van der Waals surface area contributed by atoms with E-state index >= 15 is 0 Å². The SMILES string of the molecule is CCN(CCO)Cc1nc2sc(C)c(C)c2c(=O)[nH]1. The Hall–Kier alpha value is -1.24. The lowest BCUT2D eigenvalue weighted by molar-refractivity contribution is 0.194. The highest BCUT2D eigenvalue weighted by Crippen LogP contribution is 2.25. The Morgan fingerprint density at radius 2 is 2.16 bits per heavy atom. The zero-order valence-electron chi connectivity index (χ0n) is 11.5. The summed E-state index contributed by atoms with van der Waals surface area (Å²) in [5.41, 5.74) is 0.949. The van der Waals surface area contributed by atoms with Gasteiger partial charge in [0.15, 0.2) is 0 Å². The Morgan fingerprint density at radius 3 is 2.79 bits per heavy atom. The molecule has 19 heavy (non-hydrogen) atoms. The summed E-state index contributed by atoms with van der Waals surface area (Å²) in [5.74, 6) is 0.661. The number of aliphatic hydroxyl groups is 1. The molecule has 0 atom stereocenters. The molecule has 0 saturated heterocycles. The molecule has 6 heteroatoms. The van der Waals surface area contributed by atoms with Gasteiger partial charge in [0.1, 0.15) is 10.7 Å². The fraction of sp³-hybridized carbons (Fsp3) is 0.538. The molecule has 0 amide bonds. The number of nitrogens with one attached hydrogen (secondary N) is 1. The van der Waals surface area contributed by atoms with Crippen LogP contribution in [-0.4, -0.2) is 39.7 Å². The van der Waals surface area contributed by atoms with Gasteiger partial charge in [0.25, 0.3) is 5.56 Å². The van der Waals surface area contributed by atoms with Gasteiger partial charge in [0.05, 0.1) is 18.5 Å². The smallest absolute Gasteiger partial charge is 0.259 e. The third kappa shape index (κ3) is 2.86. The molecule has 0 aliphatic rings. The fourth-order valence-electron chi connectivity index (χ4n) is 2.08. The van der Waals surface area contributed by atoms with Gasteiger partial charge in [0.2, 0.25) is 0 Å². The predicted molar refractivity (Wildman–Crippen MR) is 77.8 cm³/mol. The highest BCUT2D eigenvalue weighted by atomic mass is 32.1. The average Bonchev–Trinajstić information content (AvgIpc) is 2.64. The number of hydrogen-bond acceptors (Lipinski definition) is 5. The lowest BCUT2D eigenvalue weighted by Gasteiger charge is -2.17. The highest BCUT2D eigenvalue weighted by Gasteiger charge is 2.13. The lowest BCUT2D eigenvalue weighted by Crippen LogP contribution is -2.28. The van der Waals surface area contributed by atoms with E-state index < -0.39 is 0 Å². The van der Waals surface area contributed by atoms with Crippen LogP contribution in [0.5, 0.6) is 0 Å². The zero-order chi connectivity index (χ0) is 14.0. The molecular weight excluding hydrogens is 262 g/mol. The minimum Gasteiger partial charge on any atom is -0.395 e. The van der Waals surface area contributed by atoms with Crippen molar-refractivity contribution in [1.82, 2.24) is 14.9 Å². The molecule has 2 N–H and O–H groups in total. The molecule has 0 bridgehead atoms. The van der Waals surface area contributed by atoms with Crippen LogP contribution < -0.4 is 5.56 Å². The molecule has 0 spiro atoms. The van der Waals surface area contributed by atoms with Gasteiger partial charge in [-0.1, -0.05) is 6.92 Å². The van der Waals surface area contributed by atoms with Crippen LogP contribution in [0.4, 0.5) is 0 Å². The molecule has 0 aromatic carbocycles. The van der Waals surface area contributed by atoms with Crippen LogP contribution in [0.2, 0.25) is 0 Å². The van der Waals surface area contributed by atoms with E-state index in [1.54, 1.807) is 11.3 Å². The van der Waals surface area contributed by atoms with Crippen molar-refractivity contribution in [3.8, 4) is 0 Å². The second kappa shape index (κ2) is 5.81. The molecule has 2 aromatic rings. The van der Waals surface area contributed by atoms with Gasteiger partial charge in [-0.05, 0) is 26.0 Å². The number of nitrogens with zero attached hydrogens (tertiary/aromatic N) is 2. The monoisotopic (exact) mass is 281 g/mol. The summed E-state index contributed by atoms with van der Waals surface area (Å²) in [7, 11) is 0. The molecule has 104 valence electrons. The van der Waals surface area contributed by atoms with Crippen molar-refractivity contribution in [3.05, 3.63) is 26.6 Å². The van der Waals surface area contributed by atoms with E-state index in [2.05, 4.69) is 9.97 Å². The van der Waals surface area contributed by atoms with Crippen LogP contribution in [-0.2, 0) is 6.54 Å². The van der Waals surface area contributed by atoms with E-state index in [1.807, 2.05) is 25.7 Å². The van der Waals surface area contributed by atoms with E-state index in [4.69, 9.17) is 5.11 Å². The highest BCUT2D eigenvalue weighted by molar-refractivity contribution is 7.18. The molecular formula is C13H19N3O2S. The number of hydrogen-bond donors (Lipinski definition) is 2. The number of H-pyrrole nitrogens is 1. The first-order valence-electron chi connectivity index (χ1n) is 6.39. The molecule has 0 fully saturated rings. The summed E-state index contributed by atoms with van der Waals surface area (Å²) in [6, 6.07) is 0. The number of rotatable bonds is 5. The third-order valence-electron chi connectivity index (χ3n) is 3.32. The second-order valence-corrected chi connectivity index (χ2v) is 5.77. The van der Waals surface area contributed by atoms with Crippen molar-refractivity contribution in [3.63, 3.8) is 0 Å². The first-order valence-corrected chi connectivity index (χ1v) is 7.20. The van der Waals surface area contributed by atoms with Crippen LogP contribution in [0.1, 0.15) is 23.2 Å². The van der Waals surface area contributed by atoms with E-state index in [0.717, 1.165) is 21.8 Å². The van der Waals surface area contributed by atoms with Crippen molar-refractivity contribution in [2.75, 3.05) is 19.7 Å². The fourth-order valence-corrected chi connectivity index (χ4v) is 3.13. The van der Waals surface area contributed by atoms with Crippen LogP contribution in [0.15, 0.2) is 4.79 Å². The van der Waals surface area contributed by atoms with Gasteiger partial charge < -0.3 is 10.1 Å². The van der Waals surface area contributed by atoms with E-state index in [0.29, 0.717) is 24.3 Å². The molecule has 5 nitrogen and oxygen atoms in total. The maximum atomic E-state index is 12.1. The average molecular weight is 281 g/mol. The maximum absolute atomic E-state index is 12.1. The van der Waals surface area contributed by atoms with E-state index in [1.165, 1.54) is 0 Å². The van der Waals surface area contributed by atoms with Crippen molar-refractivity contribution in [2.45, 2.75) is 27.3 Å². The Morgan fingerprint density at radius 1 is 1.42 bits per heavy atom. The van der Waals surface area contributed by atoms with Gasteiger partial charge >= 0.3 is 0 Å². The van der Waals surface area contributed by atoms with E-state index in [-0.39, 0.29) is 12.2 Å². The molecule has 2 rings (SSSR count).